The van der Waals surface area contributed by atoms with Gasteiger partial charge in [-0.25, -0.2) is 9.37 Å². The summed E-state index contributed by atoms with van der Waals surface area (Å²) in [5.74, 6) is -0.394. The summed E-state index contributed by atoms with van der Waals surface area (Å²) in [6.07, 6.45) is 4.80. The Morgan fingerprint density at radius 3 is 2.70 bits per heavy atom. The number of nitrogens with one attached hydrogen (secondary N) is 1. The molecule has 20 heavy (non-hydrogen) atoms. The van der Waals surface area contributed by atoms with Crippen LogP contribution in [0.15, 0.2) is 18.3 Å². The molecule has 0 spiro atoms. The van der Waals surface area contributed by atoms with Crippen LogP contribution in [-0.2, 0) is 4.79 Å². The molecule has 0 radical (unpaired) electrons. The lowest BCUT2D eigenvalue weighted by molar-refractivity contribution is -0.122. The number of hydrogen-bond acceptors (Lipinski definition) is 3. The van der Waals surface area contributed by atoms with Gasteiger partial charge in [0.1, 0.15) is 11.6 Å². The second-order valence-corrected chi connectivity index (χ2v) is 5.16. The average molecular weight is 324 g/mol. The summed E-state index contributed by atoms with van der Waals surface area (Å²) in [4.78, 5) is 16.0. The highest BCUT2D eigenvalue weighted by molar-refractivity contribution is 5.92. The molecule has 0 aliphatic heterocycles. The topological polar surface area (TPSA) is 68.0 Å². The molecule has 7 heteroatoms. The van der Waals surface area contributed by atoms with Gasteiger partial charge in [-0.05, 0) is 31.9 Å². The van der Waals surface area contributed by atoms with Gasteiger partial charge in [-0.3, -0.25) is 4.79 Å². The number of anilines is 1. The third kappa shape index (κ3) is 4.58. The van der Waals surface area contributed by atoms with Crippen LogP contribution in [-0.4, -0.2) is 16.4 Å². The third-order valence-corrected chi connectivity index (χ3v) is 3.55. The largest absolute Gasteiger partial charge is 0.325 e. The predicted molar refractivity (Wildman–Crippen MR) is 81.9 cm³/mol. The van der Waals surface area contributed by atoms with E-state index in [0.29, 0.717) is 5.82 Å². The molecule has 1 aromatic heterocycles. The number of nitrogens with zero attached hydrogens (tertiary/aromatic N) is 1. The van der Waals surface area contributed by atoms with Crippen molar-refractivity contribution < 1.29 is 9.18 Å². The zero-order chi connectivity index (χ0) is 13.2. The zero-order valence-corrected chi connectivity index (χ0v) is 12.9. The minimum absolute atomic E-state index is 0. The lowest BCUT2D eigenvalue weighted by atomic mass is 9.74. The molecule has 1 aromatic rings. The number of amides is 1. The van der Waals surface area contributed by atoms with Crippen LogP contribution in [0.4, 0.5) is 10.2 Å². The molecule has 0 saturated heterocycles. The normalized spacial score (nSPS) is 25.1. The number of pyridine rings is 1. The van der Waals surface area contributed by atoms with Crippen molar-refractivity contribution in [3.8, 4) is 0 Å². The predicted octanol–water partition coefficient (Wildman–Crippen LogP) is 2.91. The zero-order valence-electron chi connectivity index (χ0n) is 11.3. The van der Waals surface area contributed by atoms with Crippen LogP contribution >= 0.6 is 24.8 Å². The van der Waals surface area contributed by atoms with E-state index in [1.54, 1.807) is 0 Å². The lowest BCUT2D eigenvalue weighted by Crippen LogP contribution is -2.51. The first-order chi connectivity index (χ1) is 8.49. The molecule has 3 N–H and O–H groups in total. The van der Waals surface area contributed by atoms with Crippen molar-refractivity contribution in [2.75, 3.05) is 5.32 Å². The van der Waals surface area contributed by atoms with E-state index in [1.165, 1.54) is 12.1 Å². The molecule has 2 rings (SSSR count). The second-order valence-electron chi connectivity index (χ2n) is 5.16. The molecule has 1 aliphatic carbocycles. The van der Waals surface area contributed by atoms with Gasteiger partial charge < -0.3 is 11.1 Å². The number of rotatable bonds is 2. The van der Waals surface area contributed by atoms with E-state index in [2.05, 4.69) is 10.3 Å². The minimum Gasteiger partial charge on any atom is -0.325 e. The first-order valence-electron chi connectivity index (χ1n) is 6.20. The third-order valence-electron chi connectivity index (χ3n) is 3.55. The quantitative estimate of drug-likeness (QED) is 0.879. The van der Waals surface area contributed by atoms with E-state index < -0.39 is 11.4 Å². The highest BCUT2D eigenvalue weighted by Crippen LogP contribution is 2.32. The van der Waals surface area contributed by atoms with Crippen molar-refractivity contribution in [2.45, 2.75) is 38.1 Å². The Labute approximate surface area is 130 Å². The molecule has 1 fully saturated rings. The van der Waals surface area contributed by atoms with Gasteiger partial charge in [0.2, 0.25) is 5.91 Å². The number of hydrogen-bond donors (Lipinski definition) is 2. The van der Waals surface area contributed by atoms with E-state index in [4.69, 9.17) is 5.73 Å². The van der Waals surface area contributed by atoms with Gasteiger partial charge in [0.15, 0.2) is 0 Å². The average Bonchev–Trinajstić information content (AvgIpc) is 2.31. The van der Waals surface area contributed by atoms with Crippen LogP contribution < -0.4 is 11.1 Å². The molecular weight excluding hydrogens is 304 g/mol. The van der Waals surface area contributed by atoms with Crippen molar-refractivity contribution in [3.63, 3.8) is 0 Å². The smallest absolute Gasteiger partial charge is 0.230 e. The van der Waals surface area contributed by atoms with Gasteiger partial charge in [0, 0.05) is 5.54 Å². The van der Waals surface area contributed by atoms with Crippen molar-refractivity contribution in [2.24, 2.45) is 11.7 Å². The summed E-state index contributed by atoms with van der Waals surface area (Å²) >= 11 is 0. The summed E-state index contributed by atoms with van der Waals surface area (Å²) in [7, 11) is 0. The van der Waals surface area contributed by atoms with Gasteiger partial charge in [-0.15, -0.1) is 24.8 Å². The van der Waals surface area contributed by atoms with Gasteiger partial charge in [0.05, 0.1) is 12.1 Å². The van der Waals surface area contributed by atoms with E-state index in [1.807, 2.05) is 6.92 Å². The van der Waals surface area contributed by atoms with Crippen molar-refractivity contribution in [1.29, 1.82) is 0 Å². The van der Waals surface area contributed by atoms with Crippen LogP contribution in [0.2, 0.25) is 0 Å². The Kier molecular flexibility index (Phi) is 7.41. The highest BCUT2D eigenvalue weighted by Gasteiger charge is 2.37. The molecule has 0 bridgehead atoms. The van der Waals surface area contributed by atoms with Crippen LogP contribution in [0.1, 0.15) is 32.6 Å². The Morgan fingerprint density at radius 1 is 1.45 bits per heavy atom. The van der Waals surface area contributed by atoms with Crippen molar-refractivity contribution in [3.05, 3.63) is 24.1 Å². The molecule has 0 aromatic carbocycles. The Hall–Kier alpha value is -0.910. The number of aromatic nitrogens is 1. The van der Waals surface area contributed by atoms with E-state index in [9.17, 15) is 9.18 Å². The van der Waals surface area contributed by atoms with E-state index in [0.717, 1.165) is 31.9 Å². The fourth-order valence-electron chi connectivity index (χ4n) is 2.45. The van der Waals surface area contributed by atoms with E-state index >= 15 is 0 Å². The van der Waals surface area contributed by atoms with Crippen molar-refractivity contribution >= 4 is 36.5 Å². The molecular formula is C13H20Cl2FN3O. The molecule has 1 saturated carbocycles. The second kappa shape index (κ2) is 7.76. The first-order valence-corrected chi connectivity index (χ1v) is 6.20. The highest BCUT2D eigenvalue weighted by atomic mass is 35.5. The van der Waals surface area contributed by atoms with Crippen molar-refractivity contribution in [1.82, 2.24) is 4.98 Å². The number of nitrogens with two attached hydrogens (primary N) is 1. The Bertz CT molecular complexity index is 440. The van der Waals surface area contributed by atoms with Crippen LogP contribution in [0, 0.1) is 11.7 Å². The van der Waals surface area contributed by atoms with Gasteiger partial charge in [-0.1, -0.05) is 12.8 Å². The molecule has 1 heterocycles. The maximum Gasteiger partial charge on any atom is 0.230 e. The maximum atomic E-state index is 12.7. The van der Waals surface area contributed by atoms with Gasteiger partial charge >= 0.3 is 0 Å². The summed E-state index contributed by atoms with van der Waals surface area (Å²) in [6, 6.07) is 2.72. The van der Waals surface area contributed by atoms with Crippen LogP contribution in [0.3, 0.4) is 0 Å². The standard InChI is InChI=1S/C13H18FN3O.2ClH/c1-13(15)7-3-2-4-10(13)12(18)17-11-6-5-9(14)8-16-11;;/h5-6,8,10H,2-4,7,15H2,1H3,(H,16,17,18);2*1H. The minimum atomic E-state index is -0.470. The molecule has 1 aliphatic rings. The maximum absolute atomic E-state index is 12.7. The van der Waals surface area contributed by atoms with Crippen LogP contribution in [0.25, 0.3) is 0 Å². The molecule has 2 unspecified atom stereocenters. The Balaban J connectivity index is 0.00000180. The number of carbonyl (C=O) groups excluding carboxylic acids is 1. The fraction of sp³-hybridized carbons (Fsp3) is 0.538. The molecule has 4 nitrogen and oxygen atoms in total. The van der Waals surface area contributed by atoms with Gasteiger partial charge in [0.25, 0.3) is 0 Å². The van der Waals surface area contributed by atoms with Gasteiger partial charge in [-0.2, -0.15) is 0 Å². The SMILES string of the molecule is CC1(N)CCCCC1C(=O)Nc1ccc(F)cn1.Cl.Cl. The number of halogens is 3. The molecule has 114 valence electrons. The summed E-state index contributed by atoms with van der Waals surface area (Å²) in [5.41, 5.74) is 5.69. The summed E-state index contributed by atoms with van der Waals surface area (Å²) in [5, 5.41) is 2.70. The summed E-state index contributed by atoms with van der Waals surface area (Å²) in [6.45, 7) is 1.91. The Morgan fingerprint density at radius 2 is 2.15 bits per heavy atom. The lowest BCUT2D eigenvalue weighted by Gasteiger charge is -2.37. The first kappa shape index (κ1) is 19.1. The monoisotopic (exact) mass is 323 g/mol. The number of carbonyl (C=O) groups is 1. The molecule has 2 atom stereocenters. The van der Waals surface area contributed by atoms with Crippen LogP contribution in [0.5, 0.6) is 0 Å². The fourth-order valence-corrected chi connectivity index (χ4v) is 2.45. The molecule has 1 amide bonds. The summed E-state index contributed by atoms with van der Waals surface area (Å²) < 4.78 is 12.7. The van der Waals surface area contributed by atoms with E-state index in [-0.39, 0.29) is 36.6 Å².